The summed E-state index contributed by atoms with van der Waals surface area (Å²) in [5.41, 5.74) is 0. The van der Waals surface area contributed by atoms with E-state index in [2.05, 4.69) is 15.8 Å². The van der Waals surface area contributed by atoms with Crippen LogP contribution in [0.4, 0.5) is 5.82 Å². The Bertz CT molecular complexity index is 386. The number of ether oxygens (including phenoxy) is 1. The molecule has 0 aliphatic carbocycles. The fourth-order valence-corrected chi connectivity index (χ4v) is 1.90. The minimum Gasteiger partial charge on any atom is -0.377 e. The van der Waals surface area contributed by atoms with E-state index in [0.717, 1.165) is 26.0 Å². The molecule has 2 heterocycles. The molecule has 0 radical (unpaired) electrons. The topological polar surface area (TPSA) is 76.4 Å². The van der Waals surface area contributed by atoms with Gasteiger partial charge in [0.2, 0.25) is 5.91 Å². The van der Waals surface area contributed by atoms with E-state index in [4.69, 9.17) is 9.26 Å². The zero-order chi connectivity index (χ0) is 12.8. The minimum absolute atomic E-state index is 0.0665. The Morgan fingerprint density at radius 1 is 1.61 bits per heavy atom. The van der Waals surface area contributed by atoms with Gasteiger partial charge in [-0.1, -0.05) is 5.16 Å². The molecule has 6 nitrogen and oxygen atoms in total. The van der Waals surface area contributed by atoms with Gasteiger partial charge in [-0.2, -0.15) is 0 Å². The smallest absolute Gasteiger partial charge is 0.226 e. The third-order valence-corrected chi connectivity index (χ3v) is 2.82. The molecule has 1 unspecified atom stereocenters. The lowest BCUT2D eigenvalue weighted by Gasteiger charge is -2.10. The van der Waals surface area contributed by atoms with Gasteiger partial charge >= 0.3 is 0 Å². The van der Waals surface area contributed by atoms with Crippen LogP contribution in [0.1, 0.15) is 25.0 Å². The molecule has 1 fully saturated rings. The standard InChI is InChI=1S/C12H19N3O3/c1-9-7-11(15-18-9)14-12(16)4-5-13-8-10-3-2-6-17-10/h7,10,13H,2-6,8H2,1H3,(H,14,15,16). The summed E-state index contributed by atoms with van der Waals surface area (Å²) in [5.74, 6) is 1.08. The van der Waals surface area contributed by atoms with Crippen molar-refractivity contribution in [1.29, 1.82) is 0 Å². The maximum Gasteiger partial charge on any atom is 0.226 e. The fourth-order valence-electron chi connectivity index (χ4n) is 1.90. The van der Waals surface area contributed by atoms with Gasteiger partial charge in [0.1, 0.15) is 5.76 Å². The van der Waals surface area contributed by atoms with Gasteiger partial charge < -0.3 is 19.9 Å². The number of rotatable bonds is 6. The molecule has 1 aliphatic rings. The zero-order valence-corrected chi connectivity index (χ0v) is 10.6. The van der Waals surface area contributed by atoms with E-state index in [-0.39, 0.29) is 5.91 Å². The molecule has 2 rings (SSSR count). The van der Waals surface area contributed by atoms with Crippen LogP contribution in [-0.2, 0) is 9.53 Å². The molecule has 100 valence electrons. The van der Waals surface area contributed by atoms with E-state index >= 15 is 0 Å². The molecule has 1 amide bonds. The summed E-state index contributed by atoms with van der Waals surface area (Å²) in [6.45, 7) is 4.10. The molecule has 6 heteroatoms. The molecule has 0 aromatic carbocycles. The molecular weight excluding hydrogens is 234 g/mol. The quantitative estimate of drug-likeness (QED) is 0.742. The number of carbonyl (C=O) groups is 1. The molecule has 18 heavy (non-hydrogen) atoms. The highest BCUT2D eigenvalue weighted by atomic mass is 16.5. The fraction of sp³-hybridized carbons (Fsp3) is 0.667. The molecule has 1 saturated heterocycles. The van der Waals surface area contributed by atoms with E-state index in [1.807, 2.05) is 0 Å². The number of amides is 1. The summed E-state index contributed by atoms with van der Waals surface area (Å²) in [4.78, 5) is 11.6. The Labute approximate surface area is 106 Å². The Balaban J connectivity index is 1.57. The molecule has 0 bridgehead atoms. The van der Waals surface area contributed by atoms with Crippen LogP contribution >= 0.6 is 0 Å². The average Bonchev–Trinajstić information content (AvgIpc) is 2.96. The Morgan fingerprint density at radius 3 is 3.17 bits per heavy atom. The maximum absolute atomic E-state index is 11.6. The number of anilines is 1. The molecule has 1 aromatic heterocycles. The van der Waals surface area contributed by atoms with Crippen LogP contribution in [0.5, 0.6) is 0 Å². The lowest BCUT2D eigenvalue weighted by Crippen LogP contribution is -2.29. The lowest BCUT2D eigenvalue weighted by atomic mass is 10.2. The third-order valence-electron chi connectivity index (χ3n) is 2.82. The largest absolute Gasteiger partial charge is 0.377 e. The van der Waals surface area contributed by atoms with Crippen molar-refractivity contribution < 1.29 is 14.1 Å². The number of aromatic nitrogens is 1. The highest BCUT2D eigenvalue weighted by molar-refractivity contribution is 5.89. The van der Waals surface area contributed by atoms with Gasteiger partial charge in [0, 0.05) is 32.2 Å². The van der Waals surface area contributed by atoms with Crippen LogP contribution in [0, 0.1) is 6.92 Å². The molecule has 1 aromatic rings. The molecule has 0 spiro atoms. The van der Waals surface area contributed by atoms with Crippen molar-refractivity contribution in [2.75, 3.05) is 25.0 Å². The van der Waals surface area contributed by atoms with Crippen LogP contribution < -0.4 is 10.6 Å². The Morgan fingerprint density at radius 2 is 2.50 bits per heavy atom. The number of carbonyl (C=O) groups excluding carboxylic acids is 1. The van der Waals surface area contributed by atoms with Crippen LogP contribution in [0.15, 0.2) is 10.6 Å². The second-order valence-corrected chi connectivity index (χ2v) is 4.46. The highest BCUT2D eigenvalue weighted by Gasteiger charge is 2.14. The number of aryl methyl sites for hydroxylation is 1. The monoisotopic (exact) mass is 253 g/mol. The van der Waals surface area contributed by atoms with E-state index in [9.17, 15) is 4.79 Å². The summed E-state index contributed by atoms with van der Waals surface area (Å²) < 4.78 is 10.3. The average molecular weight is 253 g/mol. The van der Waals surface area contributed by atoms with E-state index in [1.165, 1.54) is 0 Å². The number of nitrogens with zero attached hydrogens (tertiary/aromatic N) is 1. The van der Waals surface area contributed by atoms with Crippen molar-refractivity contribution in [3.63, 3.8) is 0 Å². The predicted octanol–water partition coefficient (Wildman–Crippen LogP) is 1.08. The highest BCUT2D eigenvalue weighted by Crippen LogP contribution is 2.10. The first kappa shape index (κ1) is 13.0. The summed E-state index contributed by atoms with van der Waals surface area (Å²) in [5, 5.41) is 9.60. The molecule has 1 atom stereocenters. The maximum atomic E-state index is 11.6. The minimum atomic E-state index is -0.0665. The first-order chi connectivity index (χ1) is 8.74. The summed E-state index contributed by atoms with van der Waals surface area (Å²) in [6, 6.07) is 1.69. The van der Waals surface area contributed by atoms with Gasteiger partial charge in [-0.15, -0.1) is 0 Å². The van der Waals surface area contributed by atoms with Crippen molar-refractivity contribution >= 4 is 11.7 Å². The van der Waals surface area contributed by atoms with Gasteiger partial charge in [0.25, 0.3) is 0 Å². The van der Waals surface area contributed by atoms with Crippen LogP contribution in [0.25, 0.3) is 0 Å². The van der Waals surface area contributed by atoms with Gasteiger partial charge in [0.15, 0.2) is 5.82 Å². The second kappa shape index (κ2) is 6.51. The Hall–Kier alpha value is -1.40. The van der Waals surface area contributed by atoms with Gasteiger partial charge in [-0.05, 0) is 19.8 Å². The van der Waals surface area contributed by atoms with Crippen molar-refractivity contribution in [3.05, 3.63) is 11.8 Å². The first-order valence-corrected chi connectivity index (χ1v) is 6.29. The van der Waals surface area contributed by atoms with Crippen molar-refractivity contribution in [3.8, 4) is 0 Å². The van der Waals surface area contributed by atoms with E-state index < -0.39 is 0 Å². The van der Waals surface area contributed by atoms with Gasteiger partial charge in [-0.3, -0.25) is 4.79 Å². The van der Waals surface area contributed by atoms with Crippen LogP contribution in [0.2, 0.25) is 0 Å². The summed E-state index contributed by atoms with van der Waals surface area (Å²) in [6.07, 6.45) is 2.97. The SMILES string of the molecule is Cc1cc(NC(=O)CCNCC2CCCO2)no1. The van der Waals surface area contributed by atoms with Crippen LogP contribution in [-0.4, -0.2) is 36.9 Å². The molecule has 1 aliphatic heterocycles. The van der Waals surface area contributed by atoms with Gasteiger partial charge in [-0.25, -0.2) is 0 Å². The van der Waals surface area contributed by atoms with Crippen molar-refractivity contribution in [2.45, 2.75) is 32.3 Å². The number of nitrogens with one attached hydrogen (secondary N) is 2. The number of hydrogen-bond acceptors (Lipinski definition) is 5. The third kappa shape index (κ3) is 4.12. The van der Waals surface area contributed by atoms with Crippen molar-refractivity contribution in [1.82, 2.24) is 10.5 Å². The summed E-state index contributed by atoms with van der Waals surface area (Å²) in [7, 11) is 0. The Kier molecular flexibility index (Phi) is 4.72. The zero-order valence-electron chi connectivity index (χ0n) is 10.6. The summed E-state index contributed by atoms with van der Waals surface area (Å²) >= 11 is 0. The normalized spacial score (nSPS) is 19.1. The van der Waals surface area contributed by atoms with Crippen LogP contribution in [0.3, 0.4) is 0 Å². The number of hydrogen-bond donors (Lipinski definition) is 2. The second-order valence-electron chi connectivity index (χ2n) is 4.46. The molecular formula is C12H19N3O3. The predicted molar refractivity (Wildman–Crippen MR) is 66.3 cm³/mol. The lowest BCUT2D eigenvalue weighted by molar-refractivity contribution is -0.116. The molecule has 0 saturated carbocycles. The first-order valence-electron chi connectivity index (χ1n) is 6.29. The van der Waals surface area contributed by atoms with Gasteiger partial charge in [0.05, 0.1) is 6.10 Å². The van der Waals surface area contributed by atoms with E-state index in [1.54, 1.807) is 13.0 Å². The van der Waals surface area contributed by atoms with Crippen molar-refractivity contribution in [2.24, 2.45) is 0 Å². The van der Waals surface area contributed by atoms with E-state index in [0.29, 0.717) is 30.6 Å². The molecule has 2 N–H and O–H groups in total.